The first-order valence-electron chi connectivity index (χ1n) is 18.9. The van der Waals surface area contributed by atoms with Crippen molar-refractivity contribution in [3.63, 3.8) is 0 Å². The highest BCUT2D eigenvalue weighted by Crippen LogP contribution is 2.43. The van der Waals surface area contributed by atoms with E-state index in [9.17, 15) is 0 Å². The first-order valence-corrected chi connectivity index (χ1v) is 18.9. The standard InChI is InChI=1S/C54H37N/c1-4-14-38(15-5-1)45-34-44-21-11-13-23-50(44)52(35-45)43-26-29-46(30-27-43)55(47-31-28-42-25-24-41-20-10-12-22-49(41)54(42)36-47)48-32-33-51(39-16-6-2-7-17-39)53(37-48)40-18-8-3-9-19-40/h1-37H. The van der Waals surface area contributed by atoms with Gasteiger partial charge >= 0.3 is 0 Å². The van der Waals surface area contributed by atoms with Gasteiger partial charge in [-0.3, -0.25) is 0 Å². The summed E-state index contributed by atoms with van der Waals surface area (Å²) in [6.07, 6.45) is 0. The van der Waals surface area contributed by atoms with Crippen LogP contribution in [-0.2, 0) is 0 Å². The van der Waals surface area contributed by atoms with E-state index in [1.165, 1.54) is 76.8 Å². The lowest BCUT2D eigenvalue weighted by molar-refractivity contribution is 1.29. The number of anilines is 3. The van der Waals surface area contributed by atoms with Gasteiger partial charge in [-0.15, -0.1) is 0 Å². The minimum Gasteiger partial charge on any atom is -0.310 e. The van der Waals surface area contributed by atoms with Crippen LogP contribution in [0, 0.1) is 0 Å². The van der Waals surface area contributed by atoms with E-state index in [1.54, 1.807) is 0 Å². The number of rotatable bonds is 7. The summed E-state index contributed by atoms with van der Waals surface area (Å²) in [4.78, 5) is 2.41. The molecular weight excluding hydrogens is 663 g/mol. The molecule has 0 spiro atoms. The average Bonchev–Trinajstić information content (AvgIpc) is 3.27. The van der Waals surface area contributed by atoms with Crippen molar-refractivity contribution in [1.29, 1.82) is 0 Å². The highest BCUT2D eigenvalue weighted by Gasteiger charge is 2.18. The Hall–Kier alpha value is -7.22. The van der Waals surface area contributed by atoms with Crippen LogP contribution in [0.1, 0.15) is 0 Å². The van der Waals surface area contributed by atoms with Crippen molar-refractivity contribution in [3.8, 4) is 44.5 Å². The first-order chi connectivity index (χ1) is 27.3. The average molecular weight is 700 g/mol. The molecule has 0 saturated heterocycles. The van der Waals surface area contributed by atoms with E-state index in [0.29, 0.717) is 0 Å². The van der Waals surface area contributed by atoms with E-state index in [0.717, 1.165) is 17.1 Å². The van der Waals surface area contributed by atoms with E-state index in [4.69, 9.17) is 0 Å². The largest absolute Gasteiger partial charge is 0.310 e. The number of fused-ring (bicyclic) bond motifs is 4. The van der Waals surface area contributed by atoms with E-state index >= 15 is 0 Å². The molecule has 0 fully saturated rings. The Morgan fingerprint density at radius 2 is 0.709 bits per heavy atom. The lowest BCUT2D eigenvalue weighted by atomic mass is 9.92. The fraction of sp³-hybridized carbons (Fsp3) is 0. The second-order valence-electron chi connectivity index (χ2n) is 14.1. The van der Waals surface area contributed by atoms with Crippen LogP contribution >= 0.6 is 0 Å². The predicted molar refractivity (Wildman–Crippen MR) is 235 cm³/mol. The van der Waals surface area contributed by atoms with Crippen LogP contribution in [-0.4, -0.2) is 0 Å². The van der Waals surface area contributed by atoms with Gasteiger partial charge in [-0.2, -0.15) is 0 Å². The monoisotopic (exact) mass is 699 g/mol. The molecule has 55 heavy (non-hydrogen) atoms. The maximum Gasteiger partial charge on any atom is 0.0468 e. The molecule has 0 saturated carbocycles. The molecule has 0 N–H and O–H groups in total. The summed E-state index contributed by atoms with van der Waals surface area (Å²) < 4.78 is 0. The molecule has 10 aromatic carbocycles. The predicted octanol–water partition coefficient (Wildman–Crippen LogP) is 15.3. The molecule has 10 aromatic rings. The molecule has 0 radical (unpaired) electrons. The minimum atomic E-state index is 1.10. The minimum absolute atomic E-state index is 1.10. The van der Waals surface area contributed by atoms with Gasteiger partial charge in [0.1, 0.15) is 0 Å². The molecule has 0 aliphatic heterocycles. The quantitative estimate of drug-likeness (QED) is 0.150. The maximum absolute atomic E-state index is 2.41. The normalized spacial score (nSPS) is 11.3. The van der Waals surface area contributed by atoms with Crippen LogP contribution in [0.4, 0.5) is 17.1 Å². The molecule has 1 heteroatoms. The number of benzene rings is 10. The molecule has 0 unspecified atom stereocenters. The van der Waals surface area contributed by atoms with Crippen LogP contribution in [0.5, 0.6) is 0 Å². The van der Waals surface area contributed by atoms with Crippen molar-refractivity contribution in [3.05, 3.63) is 224 Å². The van der Waals surface area contributed by atoms with Crippen molar-refractivity contribution >= 4 is 49.4 Å². The van der Waals surface area contributed by atoms with Gasteiger partial charge < -0.3 is 4.90 Å². The van der Waals surface area contributed by atoms with Crippen LogP contribution in [0.25, 0.3) is 76.8 Å². The summed E-state index contributed by atoms with van der Waals surface area (Å²) in [6, 6.07) is 81.5. The Morgan fingerprint density at radius 1 is 0.218 bits per heavy atom. The second kappa shape index (κ2) is 14.0. The van der Waals surface area contributed by atoms with Gasteiger partial charge in [-0.1, -0.05) is 176 Å². The molecule has 258 valence electrons. The van der Waals surface area contributed by atoms with E-state index in [2.05, 4.69) is 229 Å². The van der Waals surface area contributed by atoms with Gasteiger partial charge in [0.15, 0.2) is 0 Å². The zero-order valence-corrected chi connectivity index (χ0v) is 30.3. The molecule has 1 nitrogen and oxygen atoms in total. The Balaban J connectivity index is 1.16. The summed E-state index contributed by atoms with van der Waals surface area (Å²) in [6.45, 7) is 0. The number of nitrogens with zero attached hydrogens (tertiary/aromatic N) is 1. The highest BCUT2D eigenvalue weighted by atomic mass is 15.1. The van der Waals surface area contributed by atoms with E-state index in [1.807, 2.05) is 0 Å². The molecular formula is C54H37N. The lowest BCUT2D eigenvalue weighted by Crippen LogP contribution is -2.10. The fourth-order valence-electron chi connectivity index (χ4n) is 8.11. The number of hydrogen-bond donors (Lipinski definition) is 0. The molecule has 0 amide bonds. The van der Waals surface area contributed by atoms with Crippen molar-refractivity contribution in [1.82, 2.24) is 0 Å². The summed E-state index contributed by atoms with van der Waals surface area (Å²) in [7, 11) is 0. The second-order valence-corrected chi connectivity index (χ2v) is 14.1. The maximum atomic E-state index is 2.41. The third kappa shape index (κ3) is 6.12. The Kier molecular flexibility index (Phi) is 8.24. The molecule has 0 aliphatic carbocycles. The number of hydrogen-bond acceptors (Lipinski definition) is 1. The molecule has 0 heterocycles. The Bertz CT molecular complexity index is 2950. The summed E-state index contributed by atoms with van der Waals surface area (Å²) >= 11 is 0. The van der Waals surface area contributed by atoms with Crippen molar-refractivity contribution in [2.75, 3.05) is 4.90 Å². The Morgan fingerprint density at radius 3 is 1.42 bits per heavy atom. The molecule has 0 aliphatic rings. The van der Waals surface area contributed by atoms with Gasteiger partial charge in [-0.25, -0.2) is 0 Å². The first kappa shape index (κ1) is 32.4. The van der Waals surface area contributed by atoms with Gasteiger partial charge in [0.05, 0.1) is 0 Å². The summed E-state index contributed by atoms with van der Waals surface area (Å²) in [5.74, 6) is 0. The van der Waals surface area contributed by atoms with Crippen molar-refractivity contribution in [2.45, 2.75) is 0 Å². The Labute approximate surface area is 322 Å². The van der Waals surface area contributed by atoms with Crippen LogP contribution < -0.4 is 4.90 Å². The van der Waals surface area contributed by atoms with E-state index < -0.39 is 0 Å². The third-order valence-electron chi connectivity index (χ3n) is 10.8. The van der Waals surface area contributed by atoms with Gasteiger partial charge in [0.25, 0.3) is 0 Å². The molecule has 0 bridgehead atoms. The fourth-order valence-corrected chi connectivity index (χ4v) is 8.11. The lowest BCUT2D eigenvalue weighted by Gasteiger charge is -2.27. The molecule has 0 aromatic heterocycles. The van der Waals surface area contributed by atoms with E-state index in [-0.39, 0.29) is 0 Å². The van der Waals surface area contributed by atoms with Gasteiger partial charge in [0.2, 0.25) is 0 Å². The van der Waals surface area contributed by atoms with Crippen molar-refractivity contribution < 1.29 is 0 Å². The third-order valence-corrected chi connectivity index (χ3v) is 10.8. The van der Waals surface area contributed by atoms with Crippen LogP contribution in [0.3, 0.4) is 0 Å². The van der Waals surface area contributed by atoms with Gasteiger partial charge in [-0.05, 0) is 125 Å². The topological polar surface area (TPSA) is 3.24 Å². The summed E-state index contributed by atoms with van der Waals surface area (Å²) in [5.41, 5.74) is 12.9. The smallest absolute Gasteiger partial charge is 0.0468 e. The van der Waals surface area contributed by atoms with Crippen LogP contribution in [0.2, 0.25) is 0 Å². The van der Waals surface area contributed by atoms with Gasteiger partial charge in [0, 0.05) is 17.1 Å². The van der Waals surface area contributed by atoms with Crippen molar-refractivity contribution in [2.24, 2.45) is 0 Å². The molecule has 10 rings (SSSR count). The van der Waals surface area contributed by atoms with Crippen LogP contribution in [0.15, 0.2) is 224 Å². The zero-order valence-electron chi connectivity index (χ0n) is 30.3. The SMILES string of the molecule is c1ccc(-c2cc(-c3ccc(N(c4ccc(-c5ccccc5)c(-c5ccccc5)c4)c4ccc5ccc6ccccc6c5c4)cc3)c3ccccc3c2)cc1. The summed E-state index contributed by atoms with van der Waals surface area (Å²) in [5, 5.41) is 7.45. The highest BCUT2D eigenvalue weighted by molar-refractivity contribution is 6.09. The zero-order chi connectivity index (χ0) is 36.6. The molecule has 0 atom stereocenters.